The molecule has 106 valence electrons. The smallest absolute Gasteiger partial charge is 0.570 e. The van der Waals surface area contributed by atoms with Crippen LogP contribution in [0.1, 0.15) is 0 Å². The van der Waals surface area contributed by atoms with Gasteiger partial charge in [-0.2, -0.15) is 0 Å². The summed E-state index contributed by atoms with van der Waals surface area (Å²) in [6.45, 7) is 0. The van der Waals surface area contributed by atoms with E-state index in [2.05, 4.69) is 60.1 Å². The van der Waals surface area contributed by atoms with Gasteiger partial charge in [0, 0.05) is 11.5 Å². The van der Waals surface area contributed by atoms with Crippen molar-refractivity contribution >= 4 is 92.0 Å². The van der Waals surface area contributed by atoms with Crippen LogP contribution >= 0.6 is 72.4 Å². The molecule has 0 unspecified atom stereocenters. The van der Waals surface area contributed by atoms with Gasteiger partial charge in [0.05, 0.1) is 0 Å². The summed E-state index contributed by atoms with van der Waals surface area (Å²) < 4.78 is 0.951. The third kappa shape index (κ3) is 55.1. The molecular weight excluding hydrogens is 410 g/mol. The van der Waals surface area contributed by atoms with E-state index in [0.717, 1.165) is 11.5 Å². The molecule has 0 aliphatic rings. The Morgan fingerprint density at radius 2 is 1.26 bits per heavy atom. The van der Waals surface area contributed by atoms with Crippen LogP contribution in [0.5, 0.6) is 0 Å². The average Bonchev–Trinajstić information content (AvgIpc) is 2.26. The van der Waals surface area contributed by atoms with Crippen LogP contribution in [0.4, 0.5) is 0 Å². The Balaban J connectivity index is -0.000000106. The minimum atomic E-state index is 0. The molecule has 0 heterocycles. The summed E-state index contributed by atoms with van der Waals surface area (Å²) in [6.07, 6.45) is 0. The predicted molar refractivity (Wildman–Crippen MR) is 102 cm³/mol. The fraction of sp³-hybridized carbons (Fsp3) is 0.500. The topological polar surface area (TPSA) is 81.3 Å². The van der Waals surface area contributed by atoms with Crippen LogP contribution in [0.25, 0.3) is 0 Å². The second-order valence-corrected chi connectivity index (χ2v) is 6.53. The van der Waals surface area contributed by atoms with Gasteiger partial charge in [0.15, 0.2) is 0 Å². The number of nitrogens with zero attached hydrogens (tertiary/aromatic N) is 1. The maximum Gasteiger partial charge on any atom is 2.00 e. The molecule has 0 saturated heterocycles. The van der Waals surface area contributed by atoms with Gasteiger partial charge in [-0.1, -0.05) is 48.0 Å². The Morgan fingerprint density at radius 3 is 1.37 bits per heavy atom. The van der Waals surface area contributed by atoms with E-state index >= 15 is 0 Å². The van der Waals surface area contributed by atoms with Crippen molar-refractivity contribution < 1.29 is 19.5 Å². The molecule has 0 rings (SSSR count). The monoisotopic (exact) mass is 424 g/mol. The van der Waals surface area contributed by atoms with Crippen LogP contribution < -0.4 is 17.2 Å². The van der Waals surface area contributed by atoms with Gasteiger partial charge >= 0.3 is 19.5 Å². The van der Waals surface area contributed by atoms with Crippen molar-refractivity contribution in [2.75, 3.05) is 25.6 Å². The number of rotatable bonds is 4. The van der Waals surface area contributed by atoms with Gasteiger partial charge < -0.3 is 57.5 Å². The van der Waals surface area contributed by atoms with Crippen molar-refractivity contribution in [2.24, 2.45) is 17.2 Å². The first kappa shape index (κ1) is 28.1. The zero-order chi connectivity index (χ0) is 15.0. The Hall–Kier alpha value is 0.883. The number of thioether (sulfide) groups is 2. The molecule has 0 radical (unpaired) electrons. The summed E-state index contributed by atoms with van der Waals surface area (Å²) in [5.74, 6) is 1.74. The summed E-state index contributed by atoms with van der Waals surface area (Å²) in [4.78, 5) is 1.69. The second kappa shape index (κ2) is 23.9. The molecule has 0 spiro atoms. The zero-order valence-electron chi connectivity index (χ0n) is 10.8. The van der Waals surface area contributed by atoms with Crippen molar-refractivity contribution in [1.82, 2.24) is 4.90 Å². The fourth-order valence-electron chi connectivity index (χ4n) is 0.285. The molecule has 4 nitrogen and oxygen atoms in total. The average molecular weight is 426 g/mol. The first-order valence-electron chi connectivity index (χ1n) is 4.29. The largest absolute Gasteiger partial charge is 2.00 e. The third-order valence-electron chi connectivity index (χ3n) is 0.755. The number of hydrogen-bond donors (Lipinski definition) is 3. The first-order valence-corrected chi connectivity index (χ1v) is 7.89. The third-order valence-corrected chi connectivity index (χ3v) is 3.47. The first-order chi connectivity index (χ1) is 8.31. The van der Waals surface area contributed by atoms with Crippen molar-refractivity contribution in [3.63, 3.8) is 0 Å². The summed E-state index contributed by atoms with van der Waals surface area (Å²) in [5.41, 5.74) is 19.2. The van der Waals surface area contributed by atoms with Crippen LogP contribution in [0, 0.1) is 0 Å². The molecule has 0 aliphatic carbocycles. The van der Waals surface area contributed by atoms with Gasteiger partial charge in [0.25, 0.3) is 0 Å². The van der Waals surface area contributed by atoms with E-state index in [-0.39, 0.29) is 19.5 Å². The zero-order valence-corrected chi connectivity index (χ0v) is 18.6. The van der Waals surface area contributed by atoms with Gasteiger partial charge in [-0.25, -0.2) is 0 Å². The van der Waals surface area contributed by atoms with Crippen LogP contribution in [-0.2, 0) is 19.5 Å². The van der Waals surface area contributed by atoms with Gasteiger partial charge in [0.1, 0.15) is 8.64 Å². The number of nitrogens with two attached hydrogens (primary N) is 3. The molecule has 0 amide bonds. The number of hydrogen-bond acceptors (Lipinski definition) is 6. The molecule has 0 bridgehead atoms. The minimum Gasteiger partial charge on any atom is -0.570 e. The Labute approximate surface area is 158 Å². The van der Waals surface area contributed by atoms with Crippen LogP contribution in [-0.4, -0.2) is 50.1 Å². The molecule has 19 heavy (non-hydrogen) atoms. The molecule has 0 aromatic rings. The minimum absolute atomic E-state index is 0. The second-order valence-electron chi connectivity index (χ2n) is 2.44. The van der Waals surface area contributed by atoms with Crippen LogP contribution in [0.15, 0.2) is 0 Å². The van der Waals surface area contributed by atoms with E-state index in [4.69, 9.17) is 11.5 Å². The standard InChI is InChI=1S/C4H8N2S4.C3H6NS.CH2NS.Zn/c5-3(7)9-1-2-10-4(6)8;1-4(2)3-5;2-1-3;/h1-2H2,(H2,5,7)(H2,6,8);1-2H3;(H2,2,3);/q;2*-1;+2. The van der Waals surface area contributed by atoms with Crippen LogP contribution in [0.3, 0.4) is 0 Å². The molecule has 11 heteroatoms. The molecule has 0 aromatic carbocycles. The van der Waals surface area contributed by atoms with Crippen LogP contribution in [0.2, 0.25) is 0 Å². The maximum absolute atomic E-state index is 5.23. The normalized spacial score (nSPS) is 7.26. The molecule has 0 aliphatic heterocycles. The molecule has 0 saturated carbocycles. The van der Waals surface area contributed by atoms with E-state index in [1.807, 2.05) is 19.6 Å². The summed E-state index contributed by atoms with van der Waals surface area (Å²) >= 11 is 20.5. The Kier molecular flexibility index (Phi) is 35.4. The maximum atomic E-state index is 5.23. The van der Waals surface area contributed by atoms with Crippen molar-refractivity contribution in [2.45, 2.75) is 0 Å². The van der Waals surface area contributed by atoms with Gasteiger partial charge in [0.2, 0.25) is 0 Å². The summed E-state index contributed by atoms with van der Waals surface area (Å²) in [5, 5.41) is 0. The Bertz CT molecular complexity index is 235. The van der Waals surface area contributed by atoms with Crippen molar-refractivity contribution in [1.29, 1.82) is 0 Å². The molecule has 0 fully saturated rings. The van der Waals surface area contributed by atoms with Gasteiger partial charge in [-0.3, -0.25) is 0 Å². The van der Waals surface area contributed by atoms with E-state index in [9.17, 15) is 0 Å². The molecule has 0 atom stereocenters. The SMILES string of the molecule is CN(C)[C-]=S.NC(=S)SCCSC(N)=S.N[C-]=S.[Zn+2]. The van der Waals surface area contributed by atoms with E-state index < -0.39 is 0 Å². The fourth-order valence-corrected chi connectivity index (χ4v) is 1.85. The number of thiocarbonyl (C=S) groups is 4. The quantitative estimate of drug-likeness (QED) is 0.200. The van der Waals surface area contributed by atoms with Crippen molar-refractivity contribution in [3.05, 3.63) is 0 Å². The Morgan fingerprint density at radius 1 is 1.05 bits per heavy atom. The van der Waals surface area contributed by atoms with Gasteiger partial charge in [-0.05, 0) is 14.1 Å². The predicted octanol–water partition coefficient (Wildman–Crippen LogP) is 1.10. The molecule has 6 N–H and O–H groups in total. The van der Waals surface area contributed by atoms with E-state index in [1.165, 1.54) is 23.5 Å². The van der Waals surface area contributed by atoms with Crippen molar-refractivity contribution in [3.8, 4) is 0 Å². The summed E-state index contributed by atoms with van der Waals surface area (Å²) in [6, 6.07) is 0. The van der Waals surface area contributed by atoms with E-state index in [1.54, 1.807) is 4.90 Å². The molecule has 0 aromatic heterocycles. The van der Waals surface area contributed by atoms with E-state index in [0.29, 0.717) is 8.64 Å². The summed E-state index contributed by atoms with van der Waals surface area (Å²) in [7, 11) is 3.68. The van der Waals surface area contributed by atoms with Gasteiger partial charge in [-0.15, -0.1) is 0 Å². The molecular formula is C8H16N4S6Zn.